The van der Waals surface area contributed by atoms with Crippen LogP contribution in [0.1, 0.15) is 18.6 Å². The van der Waals surface area contributed by atoms with Crippen molar-refractivity contribution < 1.29 is 9.13 Å². The number of nitrogens with one attached hydrogen (secondary N) is 1. The van der Waals surface area contributed by atoms with E-state index in [0.717, 1.165) is 12.1 Å². The molecule has 1 N–H and O–H groups in total. The van der Waals surface area contributed by atoms with E-state index in [0.29, 0.717) is 12.3 Å². The lowest BCUT2D eigenvalue weighted by molar-refractivity contribution is 0.202. The van der Waals surface area contributed by atoms with Crippen LogP contribution in [0.15, 0.2) is 54.6 Å². The molecular formula is C16H18FNO. The fourth-order valence-electron chi connectivity index (χ4n) is 1.88. The van der Waals surface area contributed by atoms with Gasteiger partial charge in [0.2, 0.25) is 0 Å². The van der Waals surface area contributed by atoms with Gasteiger partial charge in [-0.1, -0.05) is 43.3 Å². The highest BCUT2D eigenvalue weighted by molar-refractivity contribution is 5.25. The number of likely N-dealkylation sites (N-methyl/N-ethyl adjacent to an activating group) is 1. The van der Waals surface area contributed by atoms with Crippen LogP contribution in [0.3, 0.4) is 0 Å². The zero-order chi connectivity index (χ0) is 13.5. The standard InChI is InChI=1S/C16H18FNO/c1-2-18-12-16(13-7-4-3-5-8-13)19-15-10-6-9-14(17)11-15/h3-11,16,18H,2,12H2,1H3. The van der Waals surface area contributed by atoms with Crippen molar-refractivity contribution >= 4 is 0 Å². The molecule has 2 nitrogen and oxygen atoms in total. The highest BCUT2D eigenvalue weighted by Crippen LogP contribution is 2.22. The first kappa shape index (κ1) is 13.6. The minimum atomic E-state index is -0.284. The van der Waals surface area contributed by atoms with E-state index in [1.54, 1.807) is 12.1 Å². The van der Waals surface area contributed by atoms with Gasteiger partial charge in [0.1, 0.15) is 17.7 Å². The summed E-state index contributed by atoms with van der Waals surface area (Å²) in [6.07, 6.45) is -0.122. The number of hydrogen-bond acceptors (Lipinski definition) is 2. The number of halogens is 1. The summed E-state index contributed by atoms with van der Waals surface area (Å²) in [4.78, 5) is 0. The van der Waals surface area contributed by atoms with Crippen molar-refractivity contribution in [1.82, 2.24) is 5.32 Å². The van der Waals surface area contributed by atoms with E-state index in [1.807, 2.05) is 37.3 Å². The van der Waals surface area contributed by atoms with Crippen molar-refractivity contribution in [3.8, 4) is 5.75 Å². The molecule has 0 spiro atoms. The molecule has 0 amide bonds. The third-order valence-electron chi connectivity index (χ3n) is 2.83. The first-order chi connectivity index (χ1) is 9.29. The van der Waals surface area contributed by atoms with Crippen molar-refractivity contribution in [3.05, 3.63) is 66.0 Å². The van der Waals surface area contributed by atoms with Gasteiger partial charge in [0.25, 0.3) is 0 Å². The maximum absolute atomic E-state index is 13.2. The lowest BCUT2D eigenvalue weighted by Crippen LogP contribution is -2.24. The lowest BCUT2D eigenvalue weighted by atomic mass is 10.1. The minimum Gasteiger partial charge on any atom is -0.484 e. The van der Waals surface area contributed by atoms with Gasteiger partial charge in [-0.05, 0) is 24.2 Å². The van der Waals surface area contributed by atoms with Crippen LogP contribution >= 0.6 is 0 Å². The SMILES string of the molecule is CCNCC(Oc1cccc(F)c1)c1ccccc1. The fraction of sp³-hybridized carbons (Fsp3) is 0.250. The Morgan fingerprint density at radius 1 is 1.11 bits per heavy atom. The normalized spacial score (nSPS) is 12.1. The van der Waals surface area contributed by atoms with E-state index < -0.39 is 0 Å². The van der Waals surface area contributed by atoms with E-state index in [4.69, 9.17) is 4.74 Å². The molecule has 0 fully saturated rings. The molecule has 2 aromatic carbocycles. The molecule has 0 saturated carbocycles. The summed E-state index contributed by atoms with van der Waals surface area (Å²) in [5.74, 6) is 0.263. The molecule has 0 aliphatic rings. The quantitative estimate of drug-likeness (QED) is 0.856. The zero-order valence-electron chi connectivity index (χ0n) is 11.0. The smallest absolute Gasteiger partial charge is 0.136 e. The molecule has 0 heterocycles. The van der Waals surface area contributed by atoms with Gasteiger partial charge < -0.3 is 10.1 Å². The molecule has 0 bridgehead atoms. The highest BCUT2D eigenvalue weighted by atomic mass is 19.1. The number of hydrogen-bond donors (Lipinski definition) is 1. The Hall–Kier alpha value is -1.87. The van der Waals surface area contributed by atoms with Gasteiger partial charge in [0, 0.05) is 12.6 Å². The van der Waals surface area contributed by atoms with Crippen LogP contribution in [0.25, 0.3) is 0 Å². The van der Waals surface area contributed by atoms with Gasteiger partial charge in [-0.15, -0.1) is 0 Å². The lowest BCUT2D eigenvalue weighted by Gasteiger charge is -2.20. The molecule has 0 saturated heterocycles. The largest absolute Gasteiger partial charge is 0.484 e. The Morgan fingerprint density at radius 3 is 2.58 bits per heavy atom. The van der Waals surface area contributed by atoms with Crippen LogP contribution in [0.4, 0.5) is 4.39 Å². The number of benzene rings is 2. The molecule has 0 aromatic heterocycles. The maximum atomic E-state index is 13.2. The summed E-state index contributed by atoms with van der Waals surface area (Å²) < 4.78 is 19.1. The Balaban J connectivity index is 2.14. The van der Waals surface area contributed by atoms with E-state index in [1.165, 1.54) is 12.1 Å². The number of ether oxygens (including phenoxy) is 1. The third-order valence-corrected chi connectivity index (χ3v) is 2.83. The molecule has 2 rings (SSSR count). The van der Waals surface area contributed by atoms with Gasteiger partial charge in [0.05, 0.1) is 0 Å². The molecule has 0 radical (unpaired) electrons. The van der Waals surface area contributed by atoms with Crippen molar-refractivity contribution in [2.24, 2.45) is 0 Å². The second-order valence-corrected chi connectivity index (χ2v) is 4.28. The Bertz CT molecular complexity index is 501. The molecule has 2 aromatic rings. The van der Waals surface area contributed by atoms with Gasteiger partial charge in [-0.3, -0.25) is 0 Å². The molecule has 0 aliphatic carbocycles. The molecule has 100 valence electrons. The summed E-state index contributed by atoms with van der Waals surface area (Å²) in [6.45, 7) is 3.61. The van der Waals surface area contributed by atoms with Gasteiger partial charge in [-0.2, -0.15) is 0 Å². The Labute approximate surface area is 113 Å². The second kappa shape index (κ2) is 6.90. The monoisotopic (exact) mass is 259 g/mol. The van der Waals surface area contributed by atoms with Gasteiger partial charge in [0.15, 0.2) is 0 Å². The van der Waals surface area contributed by atoms with Crippen LogP contribution in [0.5, 0.6) is 5.75 Å². The second-order valence-electron chi connectivity index (χ2n) is 4.28. The third kappa shape index (κ3) is 4.07. The van der Waals surface area contributed by atoms with Crippen molar-refractivity contribution in [2.75, 3.05) is 13.1 Å². The van der Waals surface area contributed by atoms with Crippen molar-refractivity contribution in [1.29, 1.82) is 0 Å². The molecule has 1 unspecified atom stereocenters. The van der Waals surface area contributed by atoms with Gasteiger partial charge in [-0.25, -0.2) is 4.39 Å². The van der Waals surface area contributed by atoms with Crippen LogP contribution in [0, 0.1) is 5.82 Å². The summed E-state index contributed by atoms with van der Waals surface area (Å²) in [7, 11) is 0. The zero-order valence-corrected chi connectivity index (χ0v) is 11.0. The highest BCUT2D eigenvalue weighted by Gasteiger charge is 2.12. The van der Waals surface area contributed by atoms with E-state index in [2.05, 4.69) is 5.32 Å². The Kier molecular flexibility index (Phi) is 4.93. The number of rotatable bonds is 6. The molecule has 0 aliphatic heterocycles. The molecule has 3 heteroatoms. The van der Waals surface area contributed by atoms with E-state index in [9.17, 15) is 4.39 Å². The van der Waals surface area contributed by atoms with E-state index in [-0.39, 0.29) is 11.9 Å². The topological polar surface area (TPSA) is 21.3 Å². The molecule has 19 heavy (non-hydrogen) atoms. The van der Waals surface area contributed by atoms with Crippen molar-refractivity contribution in [2.45, 2.75) is 13.0 Å². The average Bonchev–Trinajstić information content (AvgIpc) is 2.44. The summed E-state index contributed by atoms with van der Waals surface area (Å²) >= 11 is 0. The maximum Gasteiger partial charge on any atom is 0.136 e. The first-order valence-electron chi connectivity index (χ1n) is 6.47. The Morgan fingerprint density at radius 2 is 1.89 bits per heavy atom. The van der Waals surface area contributed by atoms with Crippen LogP contribution in [-0.2, 0) is 0 Å². The van der Waals surface area contributed by atoms with Crippen LogP contribution < -0.4 is 10.1 Å². The summed E-state index contributed by atoms with van der Waals surface area (Å²) in [5.41, 5.74) is 1.08. The predicted molar refractivity (Wildman–Crippen MR) is 74.8 cm³/mol. The van der Waals surface area contributed by atoms with E-state index >= 15 is 0 Å². The van der Waals surface area contributed by atoms with Gasteiger partial charge >= 0.3 is 0 Å². The van der Waals surface area contributed by atoms with Crippen molar-refractivity contribution in [3.63, 3.8) is 0 Å². The molecule has 1 atom stereocenters. The van der Waals surface area contributed by atoms with Crippen LogP contribution in [0.2, 0.25) is 0 Å². The molecular weight excluding hydrogens is 241 g/mol. The fourth-order valence-corrected chi connectivity index (χ4v) is 1.88. The average molecular weight is 259 g/mol. The predicted octanol–water partition coefficient (Wildman–Crippen LogP) is 3.56. The first-order valence-corrected chi connectivity index (χ1v) is 6.47. The minimum absolute atomic E-state index is 0.122. The summed E-state index contributed by atoms with van der Waals surface area (Å²) in [6, 6.07) is 16.2. The summed E-state index contributed by atoms with van der Waals surface area (Å²) in [5, 5.41) is 3.26. The van der Waals surface area contributed by atoms with Crippen LogP contribution in [-0.4, -0.2) is 13.1 Å².